The van der Waals surface area contributed by atoms with Gasteiger partial charge in [-0.15, -0.1) is 11.6 Å². The van der Waals surface area contributed by atoms with E-state index in [0.29, 0.717) is 23.7 Å². The smallest absolute Gasteiger partial charge is 0.225 e. The fourth-order valence-electron chi connectivity index (χ4n) is 0.909. The molecule has 1 rings (SSSR count). The Morgan fingerprint density at radius 3 is 2.77 bits per heavy atom. The first-order valence-electron chi connectivity index (χ1n) is 3.94. The Morgan fingerprint density at radius 1 is 1.46 bits per heavy atom. The number of benzene rings is 1. The second kappa shape index (κ2) is 4.72. The van der Waals surface area contributed by atoms with Crippen molar-refractivity contribution in [3.63, 3.8) is 0 Å². The summed E-state index contributed by atoms with van der Waals surface area (Å²) in [6.45, 7) is 0. The van der Waals surface area contributed by atoms with Crippen LogP contribution in [0.1, 0.15) is 6.42 Å². The molecule has 0 aliphatic heterocycles. The lowest BCUT2D eigenvalue weighted by molar-refractivity contribution is -0.115. The van der Waals surface area contributed by atoms with Gasteiger partial charge in [-0.1, -0.05) is 12.1 Å². The number of hydrogen-bond donors (Lipinski definition) is 2. The average molecular weight is 199 g/mol. The molecule has 0 bridgehead atoms. The molecule has 0 aliphatic rings. The number of nitrogens with two attached hydrogens (primary N) is 1. The minimum Gasteiger partial charge on any atom is -0.397 e. The summed E-state index contributed by atoms with van der Waals surface area (Å²) in [5.74, 6) is 0.200. The van der Waals surface area contributed by atoms with Gasteiger partial charge in [0.1, 0.15) is 0 Å². The molecule has 4 heteroatoms. The summed E-state index contributed by atoms with van der Waals surface area (Å²) in [5.41, 5.74) is 6.81. The molecule has 1 aromatic carbocycles. The Kier molecular flexibility index (Phi) is 3.58. The SMILES string of the molecule is Nc1ccccc1NC(=O)CCCl. The minimum atomic E-state index is -0.118. The van der Waals surface area contributed by atoms with Gasteiger partial charge in [0.2, 0.25) is 5.91 Å². The Bertz CT molecular complexity index is 301. The van der Waals surface area contributed by atoms with E-state index in [1.165, 1.54) is 0 Å². The predicted molar refractivity (Wildman–Crippen MR) is 54.8 cm³/mol. The van der Waals surface area contributed by atoms with Crippen LogP contribution in [0.25, 0.3) is 0 Å². The monoisotopic (exact) mass is 198 g/mol. The summed E-state index contributed by atoms with van der Waals surface area (Å²) in [5, 5.41) is 2.66. The number of hydrogen-bond acceptors (Lipinski definition) is 2. The number of rotatable bonds is 3. The Labute approximate surface area is 81.9 Å². The number of alkyl halides is 1. The van der Waals surface area contributed by atoms with Crippen LogP contribution in [0.15, 0.2) is 24.3 Å². The van der Waals surface area contributed by atoms with Crippen molar-refractivity contribution in [1.29, 1.82) is 0 Å². The number of anilines is 2. The summed E-state index contributed by atoms with van der Waals surface area (Å²) in [6.07, 6.45) is 0.301. The third-order valence-electron chi connectivity index (χ3n) is 1.56. The molecule has 1 aromatic rings. The molecule has 0 atom stereocenters. The highest BCUT2D eigenvalue weighted by molar-refractivity contribution is 6.19. The van der Waals surface area contributed by atoms with Gasteiger partial charge < -0.3 is 11.1 Å². The van der Waals surface area contributed by atoms with Gasteiger partial charge in [0.05, 0.1) is 11.4 Å². The number of carbonyl (C=O) groups is 1. The van der Waals surface area contributed by atoms with E-state index in [1.54, 1.807) is 12.1 Å². The highest BCUT2D eigenvalue weighted by Gasteiger charge is 2.02. The number of carbonyl (C=O) groups excluding carboxylic acids is 1. The first-order valence-corrected chi connectivity index (χ1v) is 4.48. The Morgan fingerprint density at radius 2 is 2.15 bits per heavy atom. The lowest BCUT2D eigenvalue weighted by Crippen LogP contribution is -2.12. The van der Waals surface area contributed by atoms with E-state index in [2.05, 4.69) is 5.32 Å². The van der Waals surface area contributed by atoms with Crippen LogP contribution in [0.4, 0.5) is 11.4 Å². The van der Waals surface area contributed by atoms with Gasteiger partial charge >= 0.3 is 0 Å². The van der Waals surface area contributed by atoms with Crippen molar-refractivity contribution in [1.82, 2.24) is 0 Å². The number of para-hydroxylation sites is 2. The fourth-order valence-corrected chi connectivity index (χ4v) is 1.08. The van der Waals surface area contributed by atoms with E-state index in [9.17, 15) is 4.79 Å². The van der Waals surface area contributed by atoms with Crippen LogP contribution in [0.5, 0.6) is 0 Å². The van der Waals surface area contributed by atoms with Crippen molar-refractivity contribution in [2.24, 2.45) is 0 Å². The number of nitrogen functional groups attached to an aromatic ring is 1. The third-order valence-corrected chi connectivity index (χ3v) is 1.75. The van der Waals surface area contributed by atoms with Gasteiger partial charge in [0, 0.05) is 12.3 Å². The second-order valence-electron chi connectivity index (χ2n) is 2.57. The lowest BCUT2D eigenvalue weighted by atomic mass is 10.2. The van der Waals surface area contributed by atoms with Gasteiger partial charge in [-0.2, -0.15) is 0 Å². The molecule has 0 unspecified atom stereocenters. The molecule has 1 amide bonds. The summed E-state index contributed by atoms with van der Waals surface area (Å²) in [6, 6.07) is 7.11. The number of amides is 1. The molecule has 0 aliphatic carbocycles. The maximum absolute atomic E-state index is 11.1. The third kappa shape index (κ3) is 2.95. The number of nitrogens with one attached hydrogen (secondary N) is 1. The van der Waals surface area contributed by atoms with Crippen molar-refractivity contribution < 1.29 is 4.79 Å². The summed E-state index contributed by atoms with van der Waals surface area (Å²) >= 11 is 5.41. The van der Waals surface area contributed by atoms with E-state index >= 15 is 0 Å². The van der Waals surface area contributed by atoms with Crippen molar-refractivity contribution >= 4 is 28.9 Å². The zero-order valence-corrected chi connectivity index (χ0v) is 7.84. The van der Waals surface area contributed by atoms with Crippen molar-refractivity contribution in [3.8, 4) is 0 Å². The molecule has 13 heavy (non-hydrogen) atoms. The molecule has 0 saturated heterocycles. The van der Waals surface area contributed by atoms with Crippen molar-refractivity contribution in [2.45, 2.75) is 6.42 Å². The summed E-state index contributed by atoms with van der Waals surface area (Å²) < 4.78 is 0. The molecule has 0 fully saturated rings. The zero-order chi connectivity index (χ0) is 9.68. The molecular weight excluding hydrogens is 188 g/mol. The first-order chi connectivity index (χ1) is 6.24. The Hall–Kier alpha value is -1.22. The van der Waals surface area contributed by atoms with E-state index in [0.717, 1.165) is 0 Å². The van der Waals surface area contributed by atoms with Gasteiger partial charge in [0.25, 0.3) is 0 Å². The van der Waals surface area contributed by atoms with Gasteiger partial charge in [-0.3, -0.25) is 4.79 Å². The van der Waals surface area contributed by atoms with Crippen LogP contribution >= 0.6 is 11.6 Å². The largest absolute Gasteiger partial charge is 0.397 e. The maximum atomic E-state index is 11.1. The fraction of sp³-hybridized carbons (Fsp3) is 0.222. The molecule has 0 aromatic heterocycles. The highest BCUT2D eigenvalue weighted by atomic mass is 35.5. The minimum absolute atomic E-state index is 0.118. The molecule has 3 N–H and O–H groups in total. The van der Waals surface area contributed by atoms with Crippen LogP contribution in [0.2, 0.25) is 0 Å². The van der Waals surface area contributed by atoms with Gasteiger partial charge in [-0.25, -0.2) is 0 Å². The summed E-state index contributed by atoms with van der Waals surface area (Å²) in [7, 11) is 0. The van der Waals surface area contributed by atoms with E-state index in [-0.39, 0.29) is 5.91 Å². The predicted octanol–water partition coefficient (Wildman–Crippen LogP) is 1.84. The zero-order valence-electron chi connectivity index (χ0n) is 7.09. The van der Waals surface area contributed by atoms with E-state index < -0.39 is 0 Å². The molecular formula is C9H11ClN2O. The first kappa shape index (κ1) is 9.86. The topological polar surface area (TPSA) is 55.1 Å². The normalized spacial score (nSPS) is 9.62. The van der Waals surface area contributed by atoms with Gasteiger partial charge in [-0.05, 0) is 12.1 Å². The quantitative estimate of drug-likeness (QED) is 0.575. The van der Waals surface area contributed by atoms with Crippen molar-refractivity contribution in [2.75, 3.05) is 16.9 Å². The second-order valence-corrected chi connectivity index (χ2v) is 2.95. The van der Waals surface area contributed by atoms with E-state index in [1.807, 2.05) is 12.1 Å². The highest BCUT2D eigenvalue weighted by Crippen LogP contribution is 2.16. The van der Waals surface area contributed by atoms with Crippen LogP contribution < -0.4 is 11.1 Å². The van der Waals surface area contributed by atoms with Crippen LogP contribution in [0, 0.1) is 0 Å². The Balaban J connectivity index is 2.63. The van der Waals surface area contributed by atoms with Crippen LogP contribution in [0.3, 0.4) is 0 Å². The molecule has 70 valence electrons. The molecule has 0 spiro atoms. The molecule has 3 nitrogen and oxygen atoms in total. The lowest BCUT2D eigenvalue weighted by Gasteiger charge is -2.05. The maximum Gasteiger partial charge on any atom is 0.225 e. The van der Waals surface area contributed by atoms with Crippen LogP contribution in [-0.2, 0) is 4.79 Å². The van der Waals surface area contributed by atoms with Gasteiger partial charge in [0.15, 0.2) is 0 Å². The van der Waals surface area contributed by atoms with Crippen LogP contribution in [-0.4, -0.2) is 11.8 Å². The molecule has 0 saturated carbocycles. The molecule has 0 heterocycles. The molecule has 0 radical (unpaired) electrons. The standard InChI is InChI=1S/C9H11ClN2O/c10-6-5-9(13)12-8-4-2-1-3-7(8)11/h1-4H,5-6,11H2,(H,12,13). The average Bonchev–Trinajstić information content (AvgIpc) is 2.09. The number of halogens is 1. The summed E-state index contributed by atoms with van der Waals surface area (Å²) in [4.78, 5) is 11.1. The van der Waals surface area contributed by atoms with Crippen molar-refractivity contribution in [3.05, 3.63) is 24.3 Å². The van der Waals surface area contributed by atoms with E-state index in [4.69, 9.17) is 17.3 Å².